The molecule has 0 aliphatic heterocycles. The van der Waals surface area contributed by atoms with E-state index in [4.69, 9.17) is 40.7 Å². The zero-order chi connectivity index (χ0) is 30.9. The number of benzene rings is 3. The number of hydrogen-bond acceptors (Lipinski definition) is 4. The van der Waals surface area contributed by atoms with E-state index in [9.17, 15) is 4.79 Å². The normalized spacial score (nSPS) is 11.4. The molecule has 0 saturated heterocycles. The minimum absolute atomic E-state index is 0.109. The van der Waals surface area contributed by atoms with Crippen LogP contribution in [-0.4, -0.2) is 38.1 Å². The summed E-state index contributed by atoms with van der Waals surface area (Å²) in [5.41, 5.74) is 6.51. The quantitative estimate of drug-likeness (QED) is 0.172. The molecule has 1 amide bonds. The number of nitrogens with one attached hydrogen (secondary N) is 2. The van der Waals surface area contributed by atoms with Crippen LogP contribution in [0.3, 0.4) is 0 Å². The molecule has 1 heterocycles. The van der Waals surface area contributed by atoms with Gasteiger partial charge in [-0.05, 0) is 85.1 Å². The number of halogens is 2. The maximum Gasteiger partial charge on any atom is 0.226 e. The Morgan fingerprint density at radius 2 is 1.88 bits per heavy atom. The van der Waals surface area contributed by atoms with E-state index in [2.05, 4.69) is 47.7 Å². The van der Waals surface area contributed by atoms with Gasteiger partial charge in [-0.3, -0.25) is 4.79 Å². The third-order valence-corrected chi connectivity index (χ3v) is 8.53. The molecule has 4 aromatic rings. The lowest BCUT2D eigenvalue weighted by Crippen LogP contribution is -2.47. The lowest BCUT2D eigenvalue weighted by atomic mass is 10.1. The Hall–Kier alpha value is -3.90. The monoisotopic (exact) mass is 632 g/mol. The van der Waals surface area contributed by atoms with Crippen LogP contribution < -0.4 is 10.6 Å². The highest BCUT2D eigenvalue weighted by Crippen LogP contribution is 2.27. The number of imidazole rings is 1. The Balaban J connectivity index is 1.46. The maximum absolute atomic E-state index is 13.2. The number of thiocarbonyl (C=S) groups is 1. The fourth-order valence-corrected chi connectivity index (χ4v) is 5.26. The number of carbonyl (C=O) groups is 1. The zero-order valence-corrected chi connectivity index (χ0v) is 26.7. The number of rotatable bonds is 11. The minimum Gasteiger partial charge on any atom is -0.351 e. The molecule has 0 aliphatic carbocycles. The molecule has 1 aromatic heterocycles. The largest absolute Gasteiger partial charge is 0.351 e. The van der Waals surface area contributed by atoms with Crippen LogP contribution in [0, 0.1) is 25.2 Å². The Morgan fingerprint density at radius 1 is 1.12 bits per heavy atom. The van der Waals surface area contributed by atoms with Gasteiger partial charge in [0.2, 0.25) is 5.91 Å². The molecule has 10 heteroatoms. The number of nitrogens with zero attached hydrogens (tertiary/aromatic N) is 4. The van der Waals surface area contributed by atoms with Crippen molar-refractivity contribution in [2.75, 3.05) is 11.9 Å². The molecule has 0 saturated carbocycles. The van der Waals surface area contributed by atoms with Crippen LogP contribution in [0.4, 0.5) is 5.69 Å². The molecule has 7 nitrogen and oxygen atoms in total. The average Bonchev–Trinajstić information content (AvgIpc) is 3.42. The molecule has 0 radical (unpaired) electrons. The second kappa shape index (κ2) is 15.0. The zero-order valence-electron chi connectivity index (χ0n) is 24.4. The molecule has 3 aromatic carbocycles. The van der Waals surface area contributed by atoms with Crippen molar-refractivity contribution in [3.63, 3.8) is 0 Å². The van der Waals surface area contributed by atoms with E-state index in [1.165, 1.54) is 5.56 Å². The summed E-state index contributed by atoms with van der Waals surface area (Å²) in [4.78, 5) is 19.5. The second-order valence-corrected chi connectivity index (χ2v) is 11.7. The van der Waals surface area contributed by atoms with Crippen molar-refractivity contribution in [3.8, 4) is 6.07 Å². The molecular weight excluding hydrogens is 599 g/mol. The van der Waals surface area contributed by atoms with Gasteiger partial charge in [-0.15, -0.1) is 0 Å². The van der Waals surface area contributed by atoms with Gasteiger partial charge in [0.25, 0.3) is 0 Å². The number of aromatic nitrogens is 2. The van der Waals surface area contributed by atoms with Crippen LogP contribution in [0.25, 0.3) is 0 Å². The van der Waals surface area contributed by atoms with E-state index in [1.807, 2.05) is 46.7 Å². The van der Waals surface area contributed by atoms with E-state index in [0.29, 0.717) is 46.8 Å². The first-order valence-corrected chi connectivity index (χ1v) is 15.2. The topological polar surface area (TPSA) is 86.0 Å². The van der Waals surface area contributed by atoms with Gasteiger partial charge in [0.15, 0.2) is 5.11 Å². The summed E-state index contributed by atoms with van der Waals surface area (Å²) in [6.45, 7) is 7.60. The Labute approximate surface area is 268 Å². The van der Waals surface area contributed by atoms with Crippen molar-refractivity contribution >= 4 is 52.1 Å². The van der Waals surface area contributed by atoms with Crippen molar-refractivity contribution in [1.82, 2.24) is 19.8 Å². The van der Waals surface area contributed by atoms with Crippen molar-refractivity contribution in [2.45, 2.75) is 52.7 Å². The summed E-state index contributed by atoms with van der Waals surface area (Å²) in [7, 11) is 0. The van der Waals surface area contributed by atoms with Crippen molar-refractivity contribution in [3.05, 3.63) is 117 Å². The highest BCUT2D eigenvalue weighted by Gasteiger charge is 2.20. The molecule has 1 atom stereocenters. The first-order chi connectivity index (χ1) is 20.7. The smallest absolute Gasteiger partial charge is 0.226 e. The summed E-state index contributed by atoms with van der Waals surface area (Å²) >= 11 is 18.7. The van der Waals surface area contributed by atoms with E-state index in [0.717, 1.165) is 28.1 Å². The highest BCUT2D eigenvalue weighted by atomic mass is 35.5. The fraction of sp³-hybridized carbons (Fsp3) is 0.273. The van der Waals surface area contributed by atoms with Crippen LogP contribution >= 0.6 is 35.4 Å². The number of aryl methyl sites for hydroxylation is 2. The van der Waals surface area contributed by atoms with Crippen LogP contribution in [0.15, 0.2) is 73.2 Å². The first-order valence-electron chi connectivity index (χ1n) is 14.0. The number of hydrogen-bond donors (Lipinski definition) is 2. The van der Waals surface area contributed by atoms with E-state index in [1.54, 1.807) is 30.7 Å². The average molecular weight is 634 g/mol. The molecule has 43 heavy (non-hydrogen) atoms. The Bertz CT molecular complexity index is 1630. The molecule has 0 fully saturated rings. The standard InChI is InChI=1S/C33H34Cl2N6OS/c1-4-27(38-31(42)15-29-17-37-21-41(29)18-25-11-9-24(16-36)10-12-25)20-40(19-26-6-5-7-30(34)32(26)35)33(43)39-28-13-8-22(2)23(3)14-28/h5-14,17,21,27H,4,15,18-20H2,1-3H3,(H,38,42)(H,39,43)/t27-/m0/s1. The molecule has 2 N–H and O–H groups in total. The highest BCUT2D eigenvalue weighted by molar-refractivity contribution is 7.80. The number of nitriles is 1. The predicted molar refractivity (Wildman–Crippen MR) is 177 cm³/mol. The van der Waals surface area contributed by atoms with Crippen LogP contribution in [0.2, 0.25) is 10.0 Å². The third-order valence-electron chi connectivity index (χ3n) is 7.31. The van der Waals surface area contributed by atoms with Crippen LogP contribution in [0.1, 0.15) is 46.9 Å². The summed E-state index contributed by atoms with van der Waals surface area (Å²) in [5.74, 6) is -0.109. The Morgan fingerprint density at radius 3 is 2.58 bits per heavy atom. The van der Waals surface area contributed by atoms with Gasteiger partial charge in [0, 0.05) is 43.3 Å². The number of carbonyl (C=O) groups excluding carboxylic acids is 1. The van der Waals surface area contributed by atoms with E-state index < -0.39 is 0 Å². The fourth-order valence-electron chi connectivity index (χ4n) is 4.62. The van der Waals surface area contributed by atoms with Crippen molar-refractivity contribution < 1.29 is 4.79 Å². The van der Waals surface area contributed by atoms with E-state index >= 15 is 0 Å². The lowest BCUT2D eigenvalue weighted by Gasteiger charge is -2.31. The minimum atomic E-state index is -0.181. The summed E-state index contributed by atoms with van der Waals surface area (Å²) in [6.07, 6.45) is 4.30. The van der Waals surface area contributed by atoms with Crippen molar-refractivity contribution in [2.24, 2.45) is 0 Å². The lowest BCUT2D eigenvalue weighted by molar-refractivity contribution is -0.121. The van der Waals surface area contributed by atoms with Gasteiger partial charge in [-0.2, -0.15) is 5.26 Å². The maximum atomic E-state index is 13.2. The van der Waals surface area contributed by atoms with E-state index in [-0.39, 0.29) is 18.4 Å². The number of amides is 1. The van der Waals surface area contributed by atoms with Crippen LogP contribution in [-0.2, 0) is 24.3 Å². The molecular formula is C33H34Cl2N6OS. The van der Waals surface area contributed by atoms with Gasteiger partial charge in [-0.1, -0.05) is 60.5 Å². The molecule has 0 aliphatic rings. The summed E-state index contributed by atoms with van der Waals surface area (Å²) < 4.78 is 1.94. The molecule has 0 bridgehead atoms. The molecule has 222 valence electrons. The molecule has 0 spiro atoms. The van der Waals surface area contributed by atoms with Gasteiger partial charge >= 0.3 is 0 Å². The molecule has 0 unspecified atom stereocenters. The van der Waals surface area contributed by atoms with Gasteiger partial charge in [0.1, 0.15) is 0 Å². The summed E-state index contributed by atoms with van der Waals surface area (Å²) in [5, 5.41) is 17.1. The third kappa shape index (κ3) is 8.80. The number of anilines is 1. The van der Waals surface area contributed by atoms with Crippen LogP contribution in [0.5, 0.6) is 0 Å². The summed E-state index contributed by atoms with van der Waals surface area (Å²) in [6, 6.07) is 21.0. The second-order valence-electron chi connectivity index (χ2n) is 10.5. The SMILES string of the molecule is CC[C@@H](CN(Cc1cccc(Cl)c1Cl)C(=S)Nc1ccc(C)c(C)c1)NC(=O)Cc1cncn1Cc1ccc(C#N)cc1. The Kier molecular flexibility index (Phi) is 11.2. The molecule has 4 rings (SSSR count). The van der Waals surface area contributed by atoms with Gasteiger partial charge in [-0.25, -0.2) is 4.98 Å². The first kappa shape index (κ1) is 32.0. The predicted octanol–water partition coefficient (Wildman–Crippen LogP) is 7.06. The van der Waals surface area contributed by atoms with Gasteiger partial charge in [0.05, 0.1) is 34.4 Å². The van der Waals surface area contributed by atoms with Crippen molar-refractivity contribution in [1.29, 1.82) is 5.26 Å². The van der Waals surface area contributed by atoms with Gasteiger partial charge < -0.3 is 20.1 Å².